The summed E-state index contributed by atoms with van der Waals surface area (Å²) in [4.78, 5) is 6.10. The summed E-state index contributed by atoms with van der Waals surface area (Å²) in [6, 6.07) is 9.06. The highest BCUT2D eigenvalue weighted by Gasteiger charge is 2.22. The minimum Gasteiger partial charge on any atom is -0.304 e. The Morgan fingerprint density at radius 1 is 1.31 bits per heavy atom. The molecule has 2 heterocycles. The number of aromatic nitrogens is 1. The lowest BCUT2D eigenvalue weighted by Gasteiger charge is -2.01. The van der Waals surface area contributed by atoms with Gasteiger partial charge in [0.15, 0.2) is 0 Å². The fourth-order valence-corrected chi connectivity index (χ4v) is 3.10. The van der Waals surface area contributed by atoms with Crippen LogP contribution in [0, 0.1) is 6.92 Å². The maximum Gasteiger partial charge on any atom is 0.123 e. The topological polar surface area (TPSA) is 24.9 Å². The predicted octanol–water partition coefficient (Wildman–Crippen LogP) is 3.28. The van der Waals surface area contributed by atoms with Crippen LogP contribution in [-0.4, -0.2) is 4.98 Å². The van der Waals surface area contributed by atoms with Gasteiger partial charge in [0.1, 0.15) is 5.01 Å². The molecule has 2 nitrogen and oxygen atoms in total. The molecule has 1 atom stereocenters. The summed E-state index contributed by atoms with van der Waals surface area (Å²) in [5, 5.41) is 4.55. The van der Waals surface area contributed by atoms with E-state index in [0.717, 1.165) is 11.6 Å². The molecule has 0 saturated heterocycles. The molecular formula is C13H14N2S. The third kappa shape index (κ3) is 1.56. The Bertz CT molecular complexity index is 513. The molecule has 0 aliphatic carbocycles. The Kier molecular flexibility index (Phi) is 2.30. The van der Waals surface area contributed by atoms with Crippen LogP contribution in [-0.2, 0) is 6.54 Å². The van der Waals surface area contributed by atoms with E-state index in [1.165, 1.54) is 21.7 Å². The number of fused-ring (bicyclic) bond motifs is 1. The monoisotopic (exact) mass is 230 g/mol. The molecule has 0 fully saturated rings. The maximum absolute atomic E-state index is 4.70. The van der Waals surface area contributed by atoms with Gasteiger partial charge in [0.25, 0.3) is 0 Å². The Morgan fingerprint density at radius 3 is 2.75 bits per heavy atom. The molecule has 1 aromatic heterocycles. The van der Waals surface area contributed by atoms with Crippen molar-refractivity contribution in [1.82, 2.24) is 10.3 Å². The lowest BCUT2D eigenvalue weighted by Crippen LogP contribution is -2.07. The summed E-state index contributed by atoms with van der Waals surface area (Å²) < 4.78 is 0. The third-order valence-electron chi connectivity index (χ3n) is 3.00. The number of rotatable bonds is 1. The van der Waals surface area contributed by atoms with Gasteiger partial charge in [-0.25, -0.2) is 4.98 Å². The van der Waals surface area contributed by atoms with E-state index in [2.05, 4.69) is 43.4 Å². The first kappa shape index (κ1) is 10.00. The van der Waals surface area contributed by atoms with Gasteiger partial charge >= 0.3 is 0 Å². The van der Waals surface area contributed by atoms with Gasteiger partial charge in [0.2, 0.25) is 0 Å². The van der Waals surface area contributed by atoms with Crippen LogP contribution in [0.4, 0.5) is 0 Å². The molecule has 1 unspecified atom stereocenters. The molecule has 0 saturated carbocycles. The van der Waals surface area contributed by atoms with E-state index in [1.54, 1.807) is 0 Å². The fourth-order valence-electron chi connectivity index (χ4n) is 1.99. The molecular weight excluding hydrogens is 216 g/mol. The van der Waals surface area contributed by atoms with Crippen LogP contribution < -0.4 is 5.32 Å². The third-order valence-corrected chi connectivity index (χ3v) is 4.32. The van der Waals surface area contributed by atoms with Gasteiger partial charge in [-0.05, 0) is 13.8 Å². The van der Waals surface area contributed by atoms with Crippen LogP contribution in [0.3, 0.4) is 0 Å². The van der Waals surface area contributed by atoms with Crippen molar-refractivity contribution in [3.05, 3.63) is 40.4 Å². The van der Waals surface area contributed by atoms with Crippen molar-refractivity contribution in [3.63, 3.8) is 0 Å². The molecule has 0 spiro atoms. The average Bonchev–Trinajstić information content (AvgIpc) is 2.83. The Labute approximate surface area is 99.4 Å². The highest BCUT2D eigenvalue weighted by Crippen LogP contribution is 2.35. The second-order valence-electron chi connectivity index (χ2n) is 4.30. The normalized spacial score (nSPS) is 18.8. The summed E-state index contributed by atoms with van der Waals surface area (Å²) in [5.74, 6) is 0. The zero-order valence-corrected chi connectivity index (χ0v) is 10.3. The lowest BCUT2D eigenvalue weighted by molar-refractivity contribution is 0.636. The van der Waals surface area contributed by atoms with E-state index >= 15 is 0 Å². The Balaban J connectivity index is 2.02. The molecule has 3 heteroatoms. The average molecular weight is 230 g/mol. The molecule has 82 valence electrons. The minimum absolute atomic E-state index is 0.465. The Hall–Kier alpha value is -1.19. The fraction of sp³-hybridized carbons (Fsp3) is 0.308. The molecule has 0 amide bonds. The summed E-state index contributed by atoms with van der Waals surface area (Å²) >= 11 is 1.82. The number of nitrogens with one attached hydrogen (secondary N) is 1. The van der Waals surface area contributed by atoms with Crippen LogP contribution >= 0.6 is 11.3 Å². The van der Waals surface area contributed by atoms with Gasteiger partial charge in [-0.2, -0.15) is 0 Å². The first-order valence-corrected chi connectivity index (χ1v) is 6.36. The van der Waals surface area contributed by atoms with Crippen molar-refractivity contribution in [2.75, 3.05) is 0 Å². The van der Waals surface area contributed by atoms with Crippen molar-refractivity contribution >= 4 is 11.3 Å². The summed E-state index contributed by atoms with van der Waals surface area (Å²) in [6.07, 6.45) is 0. The first-order chi connectivity index (χ1) is 7.74. The minimum atomic E-state index is 0.465. The first-order valence-electron chi connectivity index (χ1n) is 5.54. The molecule has 0 radical (unpaired) electrons. The van der Waals surface area contributed by atoms with Gasteiger partial charge in [-0.1, -0.05) is 29.8 Å². The molecule has 3 rings (SSSR count). The number of aryl methyl sites for hydroxylation is 1. The van der Waals surface area contributed by atoms with E-state index in [1.807, 2.05) is 11.3 Å². The van der Waals surface area contributed by atoms with E-state index in [9.17, 15) is 0 Å². The van der Waals surface area contributed by atoms with Crippen LogP contribution in [0.1, 0.15) is 29.1 Å². The molecule has 1 N–H and O–H groups in total. The quantitative estimate of drug-likeness (QED) is 0.813. The smallest absolute Gasteiger partial charge is 0.123 e. The van der Waals surface area contributed by atoms with Gasteiger partial charge in [-0.15, -0.1) is 11.3 Å². The molecule has 0 bridgehead atoms. The van der Waals surface area contributed by atoms with E-state index in [-0.39, 0.29) is 0 Å². The molecule has 1 aliphatic heterocycles. The summed E-state index contributed by atoms with van der Waals surface area (Å²) in [5.41, 5.74) is 3.76. The van der Waals surface area contributed by atoms with E-state index < -0.39 is 0 Å². The van der Waals surface area contributed by atoms with E-state index in [0.29, 0.717) is 6.04 Å². The van der Waals surface area contributed by atoms with Crippen molar-refractivity contribution in [2.24, 2.45) is 0 Å². The second kappa shape index (κ2) is 3.68. The van der Waals surface area contributed by atoms with E-state index in [4.69, 9.17) is 4.98 Å². The van der Waals surface area contributed by atoms with Crippen molar-refractivity contribution in [3.8, 4) is 10.6 Å². The zero-order chi connectivity index (χ0) is 11.1. The van der Waals surface area contributed by atoms with Crippen LogP contribution in [0.25, 0.3) is 10.6 Å². The highest BCUT2D eigenvalue weighted by atomic mass is 32.1. The molecule has 1 aliphatic rings. The van der Waals surface area contributed by atoms with Crippen molar-refractivity contribution in [2.45, 2.75) is 26.4 Å². The van der Waals surface area contributed by atoms with Gasteiger partial charge in [0.05, 0.1) is 5.69 Å². The predicted molar refractivity (Wildman–Crippen MR) is 67.5 cm³/mol. The SMILES string of the molecule is Cc1ccc(-c2nc3c(s2)C(C)NC3)cc1. The number of hydrogen-bond acceptors (Lipinski definition) is 3. The van der Waals surface area contributed by atoms with Gasteiger partial charge in [-0.3, -0.25) is 0 Å². The Morgan fingerprint density at radius 2 is 2.06 bits per heavy atom. The molecule has 16 heavy (non-hydrogen) atoms. The van der Waals surface area contributed by atoms with Gasteiger partial charge < -0.3 is 5.32 Å². The number of thiazole rings is 1. The lowest BCUT2D eigenvalue weighted by atomic mass is 10.2. The zero-order valence-electron chi connectivity index (χ0n) is 9.45. The van der Waals surface area contributed by atoms with Crippen LogP contribution in [0.2, 0.25) is 0 Å². The van der Waals surface area contributed by atoms with Crippen LogP contribution in [0.15, 0.2) is 24.3 Å². The maximum atomic E-state index is 4.70. The molecule has 1 aromatic carbocycles. The standard InChI is InChI=1S/C13H14N2S/c1-8-3-5-10(6-4-8)13-15-11-7-14-9(2)12(11)16-13/h3-6,9,14H,7H2,1-2H3. The largest absolute Gasteiger partial charge is 0.304 e. The van der Waals surface area contributed by atoms with Crippen molar-refractivity contribution < 1.29 is 0 Å². The van der Waals surface area contributed by atoms with Crippen molar-refractivity contribution in [1.29, 1.82) is 0 Å². The number of hydrogen-bond donors (Lipinski definition) is 1. The number of nitrogens with zero attached hydrogens (tertiary/aromatic N) is 1. The highest BCUT2D eigenvalue weighted by molar-refractivity contribution is 7.15. The molecule has 2 aromatic rings. The van der Waals surface area contributed by atoms with Gasteiger partial charge in [0, 0.05) is 23.0 Å². The summed E-state index contributed by atoms with van der Waals surface area (Å²) in [6.45, 7) is 5.22. The summed E-state index contributed by atoms with van der Waals surface area (Å²) in [7, 11) is 0. The van der Waals surface area contributed by atoms with Crippen LogP contribution in [0.5, 0.6) is 0 Å². The second-order valence-corrected chi connectivity index (χ2v) is 5.33. The number of benzene rings is 1.